The number of carbonyl (C=O) groups excluding carboxylic acids is 1. The highest BCUT2D eigenvalue weighted by molar-refractivity contribution is 5.98. The van der Waals surface area contributed by atoms with Crippen LogP contribution in [0.15, 0.2) is 48.5 Å². The zero-order chi connectivity index (χ0) is 18.4. The van der Waals surface area contributed by atoms with Crippen LogP contribution < -0.4 is 0 Å². The lowest BCUT2D eigenvalue weighted by molar-refractivity contribution is -0.142. The maximum atomic E-state index is 12.4. The highest BCUT2D eigenvalue weighted by Gasteiger charge is 2.23. The summed E-state index contributed by atoms with van der Waals surface area (Å²) in [5.74, 6) is -1.37. The second-order valence-electron chi connectivity index (χ2n) is 6.92. The van der Waals surface area contributed by atoms with E-state index in [9.17, 15) is 14.7 Å². The van der Waals surface area contributed by atoms with Gasteiger partial charge in [-0.15, -0.1) is 0 Å². The van der Waals surface area contributed by atoms with Crippen LogP contribution in [-0.2, 0) is 11.2 Å². The van der Waals surface area contributed by atoms with Gasteiger partial charge in [-0.2, -0.15) is 0 Å². The number of ketones is 1. The van der Waals surface area contributed by atoms with Gasteiger partial charge in [0.2, 0.25) is 0 Å². The Balaban J connectivity index is 2.09. The van der Waals surface area contributed by atoms with E-state index >= 15 is 0 Å². The van der Waals surface area contributed by atoms with Crippen LogP contribution in [-0.4, -0.2) is 16.9 Å². The van der Waals surface area contributed by atoms with Gasteiger partial charge < -0.3 is 5.11 Å². The SMILES string of the molecule is CCc1ccc(-c2ccc(C(=O)CC(CC(C)C)C(=O)O)cc2)cc1. The van der Waals surface area contributed by atoms with Crippen molar-refractivity contribution in [2.45, 2.75) is 40.0 Å². The first-order chi connectivity index (χ1) is 11.9. The molecule has 1 atom stereocenters. The Morgan fingerprint density at radius 2 is 1.44 bits per heavy atom. The van der Waals surface area contributed by atoms with Crippen molar-refractivity contribution in [1.29, 1.82) is 0 Å². The second kappa shape index (κ2) is 8.61. The molecule has 0 aromatic heterocycles. The third-order valence-corrected chi connectivity index (χ3v) is 4.44. The van der Waals surface area contributed by atoms with Gasteiger partial charge in [0.05, 0.1) is 5.92 Å². The number of carboxylic acids is 1. The zero-order valence-electron chi connectivity index (χ0n) is 15.2. The first-order valence-corrected chi connectivity index (χ1v) is 8.86. The summed E-state index contributed by atoms with van der Waals surface area (Å²) in [6, 6.07) is 15.8. The largest absolute Gasteiger partial charge is 0.481 e. The summed E-state index contributed by atoms with van der Waals surface area (Å²) < 4.78 is 0. The van der Waals surface area contributed by atoms with Crippen LogP contribution in [0, 0.1) is 11.8 Å². The number of carboxylic acid groups (broad SMARTS) is 1. The molecule has 0 saturated carbocycles. The molecule has 0 spiro atoms. The van der Waals surface area contributed by atoms with Crippen molar-refractivity contribution in [2.75, 3.05) is 0 Å². The van der Waals surface area contributed by atoms with E-state index in [2.05, 4.69) is 31.2 Å². The Kier molecular flexibility index (Phi) is 6.51. The zero-order valence-corrected chi connectivity index (χ0v) is 15.2. The smallest absolute Gasteiger partial charge is 0.306 e. The number of rotatable bonds is 8. The molecular weight excluding hydrogens is 312 g/mol. The predicted octanol–water partition coefficient (Wildman–Crippen LogP) is 5.24. The average molecular weight is 338 g/mol. The minimum Gasteiger partial charge on any atom is -0.481 e. The number of hydrogen-bond donors (Lipinski definition) is 1. The average Bonchev–Trinajstić information content (AvgIpc) is 2.61. The molecule has 132 valence electrons. The van der Waals surface area contributed by atoms with Crippen LogP contribution in [0.5, 0.6) is 0 Å². The van der Waals surface area contributed by atoms with Crippen molar-refractivity contribution < 1.29 is 14.7 Å². The number of aryl methyl sites for hydroxylation is 1. The molecule has 25 heavy (non-hydrogen) atoms. The first kappa shape index (κ1) is 18.9. The van der Waals surface area contributed by atoms with E-state index in [1.54, 1.807) is 12.1 Å². The fraction of sp³-hybridized carbons (Fsp3) is 0.364. The van der Waals surface area contributed by atoms with Crippen LogP contribution in [0.2, 0.25) is 0 Å². The minimum absolute atomic E-state index is 0.0536. The number of carbonyl (C=O) groups is 2. The van der Waals surface area contributed by atoms with Crippen LogP contribution in [0.25, 0.3) is 11.1 Å². The minimum atomic E-state index is -0.894. The molecule has 3 heteroatoms. The Labute approximate surface area is 149 Å². The summed E-state index contributed by atoms with van der Waals surface area (Å²) in [7, 11) is 0. The number of aliphatic carboxylic acids is 1. The van der Waals surface area contributed by atoms with E-state index in [-0.39, 0.29) is 18.1 Å². The summed E-state index contributed by atoms with van der Waals surface area (Å²) >= 11 is 0. The molecule has 2 rings (SSSR count). The van der Waals surface area contributed by atoms with E-state index in [1.807, 2.05) is 26.0 Å². The molecule has 0 radical (unpaired) electrons. The predicted molar refractivity (Wildman–Crippen MR) is 101 cm³/mol. The number of hydrogen-bond acceptors (Lipinski definition) is 2. The molecule has 0 saturated heterocycles. The van der Waals surface area contributed by atoms with E-state index in [1.165, 1.54) is 5.56 Å². The molecule has 0 aliphatic heterocycles. The van der Waals surface area contributed by atoms with E-state index in [0.29, 0.717) is 12.0 Å². The van der Waals surface area contributed by atoms with Crippen molar-refractivity contribution in [3.05, 3.63) is 59.7 Å². The van der Waals surface area contributed by atoms with Crippen LogP contribution in [0.1, 0.15) is 49.5 Å². The van der Waals surface area contributed by atoms with Crippen LogP contribution >= 0.6 is 0 Å². The number of benzene rings is 2. The lowest BCUT2D eigenvalue weighted by atomic mass is 9.90. The molecule has 1 unspecified atom stereocenters. The summed E-state index contributed by atoms with van der Waals surface area (Å²) in [6.07, 6.45) is 1.58. The first-order valence-electron chi connectivity index (χ1n) is 8.86. The quantitative estimate of drug-likeness (QED) is 0.670. The van der Waals surface area contributed by atoms with Crippen LogP contribution in [0.4, 0.5) is 0 Å². The van der Waals surface area contributed by atoms with Gasteiger partial charge >= 0.3 is 5.97 Å². The van der Waals surface area contributed by atoms with Gasteiger partial charge in [-0.25, -0.2) is 0 Å². The Bertz CT molecular complexity index is 712. The molecular formula is C22H26O3. The molecule has 0 bridgehead atoms. The summed E-state index contributed by atoms with van der Waals surface area (Å²) in [4.78, 5) is 23.7. The highest BCUT2D eigenvalue weighted by Crippen LogP contribution is 2.23. The molecule has 0 aliphatic rings. The molecule has 0 fully saturated rings. The fourth-order valence-electron chi connectivity index (χ4n) is 2.96. The molecule has 0 amide bonds. The third-order valence-electron chi connectivity index (χ3n) is 4.44. The summed E-state index contributed by atoms with van der Waals surface area (Å²) in [6.45, 7) is 6.07. The topological polar surface area (TPSA) is 54.4 Å². The van der Waals surface area contributed by atoms with Crippen molar-refractivity contribution in [3.8, 4) is 11.1 Å². The van der Waals surface area contributed by atoms with Gasteiger partial charge in [0.15, 0.2) is 5.78 Å². The molecule has 2 aromatic carbocycles. The molecule has 0 aliphatic carbocycles. The maximum absolute atomic E-state index is 12.4. The van der Waals surface area contributed by atoms with Crippen molar-refractivity contribution in [2.24, 2.45) is 11.8 Å². The maximum Gasteiger partial charge on any atom is 0.306 e. The summed E-state index contributed by atoms with van der Waals surface area (Å²) in [5, 5.41) is 9.30. The number of Topliss-reactive ketones (excluding diaryl/α,β-unsaturated/α-hetero) is 1. The monoisotopic (exact) mass is 338 g/mol. The molecule has 2 aromatic rings. The highest BCUT2D eigenvalue weighted by atomic mass is 16.4. The van der Waals surface area contributed by atoms with Gasteiger partial charge in [0.1, 0.15) is 0 Å². The molecule has 0 heterocycles. The Hall–Kier alpha value is -2.42. The van der Waals surface area contributed by atoms with Gasteiger partial charge in [-0.3, -0.25) is 9.59 Å². The summed E-state index contributed by atoms with van der Waals surface area (Å²) in [5.41, 5.74) is 4.03. The normalized spacial score (nSPS) is 12.2. The van der Waals surface area contributed by atoms with Gasteiger partial charge in [0.25, 0.3) is 0 Å². The second-order valence-corrected chi connectivity index (χ2v) is 6.92. The van der Waals surface area contributed by atoms with E-state index in [4.69, 9.17) is 0 Å². The molecule has 1 N–H and O–H groups in total. The third kappa shape index (κ3) is 5.28. The van der Waals surface area contributed by atoms with E-state index < -0.39 is 11.9 Å². The van der Waals surface area contributed by atoms with Crippen LogP contribution in [0.3, 0.4) is 0 Å². The lowest BCUT2D eigenvalue weighted by Gasteiger charge is -2.14. The van der Waals surface area contributed by atoms with E-state index in [0.717, 1.165) is 17.5 Å². The van der Waals surface area contributed by atoms with Gasteiger partial charge in [-0.1, -0.05) is 69.3 Å². The Morgan fingerprint density at radius 1 is 0.920 bits per heavy atom. The van der Waals surface area contributed by atoms with Crippen molar-refractivity contribution >= 4 is 11.8 Å². The molecule has 3 nitrogen and oxygen atoms in total. The van der Waals surface area contributed by atoms with Crippen molar-refractivity contribution in [1.82, 2.24) is 0 Å². The van der Waals surface area contributed by atoms with Gasteiger partial charge in [-0.05, 0) is 35.4 Å². The van der Waals surface area contributed by atoms with Crippen molar-refractivity contribution in [3.63, 3.8) is 0 Å². The lowest BCUT2D eigenvalue weighted by Crippen LogP contribution is -2.20. The standard InChI is InChI=1S/C22H26O3/c1-4-16-5-7-17(8-6-16)18-9-11-19(12-10-18)21(23)14-20(22(24)25)13-15(2)3/h5-12,15,20H,4,13-14H2,1-3H3,(H,24,25). The fourth-order valence-corrected chi connectivity index (χ4v) is 2.96. The Morgan fingerprint density at radius 3 is 1.88 bits per heavy atom. The van der Waals surface area contributed by atoms with Gasteiger partial charge in [0, 0.05) is 12.0 Å².